The van der Waals surface area contributed by atoms with E-state index in [0.717, 1.165) is 32.5 Å². The maximum absolute atomic E-state index is 13.0. The summed E-state index contributed by atoms with van der Waals surface area (Å²) in [7, 11) is 0. The van der Waals surface area contributed by atoms with Crippen LogP contribution in [0, 0.1) is 11.3 Å². The van der Waals surface area contributed by atoms with E-state index >= 15 is 0 Å². The fourth-order valence-corrected chi connectivity index (χ4v) is 4.92. The van der Waals surface area contributed by atoms with Crippen molar-refractivity contribution in [3.05, 3.63) is 36.0 Å². The average Bonchev–Trinajstić information content (AvgIpc) is 3.42. The number of pyridine rings is 1. The number of carbonyl (C=O) groups excluding carboxylic acids is 3. The highest BCUT2D eigenvalue weighted by Gasteiger charge is 2.29. The van der Waals surface area contributed by atoms with Gasteiger partial charge in [0.2, 0.25) is 5.91 Å². The normalized spacial score (nSPS) is 17.9. The van der Waals surface area contributed by atoms with Crippen LogP contribution in [0.15, 0.2) is 30.5 Å². The van der Waals surface area contributed by atoms with Crippen LogP contribution < -0.4 is 10.1 Å². The van der Waals surface area contributed by atoms with Gasteiger partial charge >= 0.3 is 6.09 Å². The van der Waals surface area contributed by atoms with Gasteiger partial charge in [0.15, 0.2) is 0 Å². The second-order valence-electron chi connectivity index (χ2n) is 11.1. The number of benzene rings is 1. The van der Waals surface area contributed by atoms with Gasteiger partial charge in [-0.15, -0.1) is 0 Å². The lowest BCUT2D eigenvalue weighted by molar-refractivity contribution is -0.130. The standard InChI is InChI=1S/C29H38N6O5/c1-29(2,3)40-28(38)34-15-13-33(14-16-34)11-5-17-39-22-7-8-25-24(18-22)23(9-10-31-25)27(37)32-20-26(36)35-12-4-6-21(35)19-30/h7-10,18,21H,4-6,11-17,20H2,1-3H3,(H,32,37)/t21-/m0/s1. The summed E-state index contributed by atoms with van der Waals surface area (Å²) in [4.78, 5) is 47.7. The molecule has 2 saturated heterocycles. The van der Waals surface area contributed by atoms with Gasteiger partial charge in [0, 0.05) is 50.9 Å². The van der Waals surface area contributed by atoms with Crippen molar-refractivity contribution in [1.29, 1.82) is 5.26 Å². The predicted molar refractivity (Wildman–Crippen MR) is 149 cm³/mol. The zero-order valence-electron chi connectivity index (χ0n) is 23.5. The number of hydrogen-bond acceptors (Lipinski definition) is 8. The van der Waals surface area contributed by atoms with Gasteiger partial charge in [0.25, 0.3) is 5.91 Å². The summed E-state index contributed by atoms with van der Waals surface area (Å²) in [6.07, 6.45) is 3.57. The molecule has 2 fully saturated rings. The molecule has 0 saturated carbocycles. The second-order valence-corrected chi connectivity index (χ2v) is 11.1. The number of hydrogen-bond donors (Lipinski definition) is 1. The lowest BCUT2D eigenvalue weighted by Gasteiger charge is -2.35. The van der Waals surface area contributed by atoms with Gasteiger partial charge in [0.05, 0.1) is 30.3 Å². The highest BCUT2D eigenvalue weighted by molar-refractivity contribution is 6.07. The number of nitrogens with one attached hydrogen (secondary N) is 1. The molecule has 3 amide bonds. The Kier molecular flexibility index (Phi) is 9.42. The number of ether oxygens (including phenoxy) is 2. The molecule has 3 heterocycles. The lowest BCUT2D eigenvalue weighted by Crippen LogP contribution is -2.50. The van der Waals surface area contributed by atoms with E-state index in [4.69, 9.17) is 9.47 Å². The maximum atomic E-state index is 13.0. The SMILES string of the molecule is CC(C)(C)OC(=O)N1CCN(CCCOc2ccc3nccc(C(=O)NCC(=O)N4CCC[C@H]4C#N)c3c2)CC1. The van der Waals surface area contributed by atoms with Crippen LogP contribution in [0.2, 0.25) is 0 Å². The molecule has 0 spiro atoms. The topological polar surface area (TPSA) is 128 Å². The van der Waals surface area contributed by atoms with E-state index in [2.05, 4.69) is 21.3 Å². The third kappa shape index (κ3) is 7.60. The van der Waals surface area contributed by atoms with Crippen molar-refractivity contribution in [3.63, 3.8) is 0 Å². The average molecular weight is 551 g/mol. The van der Waals surface area contributed by atoms with Gasteiger partial charge < -0.3 is 24.6 Å². The summed E-state index contributed by atoms with van der Waals surface area (Å²) in [5.74, 6) is -0.00327. The molecule has 1 atom stereocenters. The van der Waals surface area contributed by atoms with Crippen molar-refractivity contribution in [2.75, 3.05) is 52.4 Å². The Hall–Kier alpha value is -3.91. The fourth-order valence-electron chi connectivity index (χ4n) is 4.92. The molecule has 0 bridgehead atoms. The fraction of sp³-hybridized carbons (Fsp3) is 0.552. The summed E-state index contributed by atoms with van der Waals surface area (Å²) in [6, 6.07) is 8.78. The lowest BCUT2D eigenvalue weighted by atomic mass is 10.1. The number of carbonyl (C=O) groups is 3. The van der Waals surface area contributed by atoms with Gasteiger partial charge in [-0.2, -0.15) is 5.26 Å². The summed E-state index contributed by atoms with van der Waals surface area (Å²) < 4.78 is 11.4. The second kappa shape index (κ2) is 13.0. The number of nitriles is 1. The quantitative estimate of drug-likeness (QED) is 0.497. The molecule has 1 aromatic carbocycles. The molecule has 1 aromatic heterocycles. The highest BCUT2D eigenvalue weighted by atomic mass is 16.6. The number of rotatable bonds is 8. The van der Waals surface area contributed by atoms with Crippen LogP contribution in [0.5, 0.6) is 5.75 Å². The van der Waals surface area contributed by atoms with Crippen LogP contribution in [0.25, 0.3) is 10.9 Å². The van der Waals surface area contributed by atoms with Crippen LogP contribution in [0.4, 0.5) is 4.79 Å². The monoisotopic (exact) mass is 550 g/mol. The molecule has 2 aromatic rings. The zero-order valence-corrected chi connectivity index (χ0v) is 23.5. The minimum absolute atomic E-state index is 0.164. The molecular weight excluding hydrogens is 512 g/mol. The molecule has 2 aliphatic heterocycles. The highest BCUT2D eigenvalue weighted by Crippen LogP contribution is 2.23. The Morgan fingerprint density at radius 1 is 1.12 bits per heavy atom. The molecule has 4 rings (SSSR count). The summed E-state index contributed by atoms with van der Waals surface area (Å²) in [6.45, 7) is 10.2. The first-order valence-electron chi connectivity index (χ1n) is 13.8. The largest absolute Gasteiger partial charge is 0.494 e. The summed E-state index contributed by atoms with van der Waals surface area (Å²) in [5, 5.41) is 12.6. The summed E-state index contributed by atoms with van der Waals surface area (Å²) in [5.41, 5.74) is 0.562. The van der Waals surface area contributed by atoms with Gasteiger partial charge in [-0.05, 0) is 64.3 Å². The first-order valence-corrected chi connectivity index (χ1v) is 13.8. The van der Waals surface area contributed by atoms with Gasteiger partial charge in [-0.25, -0.2) is 4.79 Å². The third-order valence-electron chi connectivity index (χ3n) is 6.99. The molecule has 11 nitrogen and oxygen atoms in total. The van der Waals surface area contributed by atoms with Crippen molar-refractivity contribution in [2.24, 2.45) is 0 Å². The minimum Gasteiger partial charge on any atom is -0.494 e. The molecule has 214 valence electrons. The van der Waals surface area contributed by atoms with E-state index in [-0.39, 0.29) is 24.5 Å². The Balaban J connectivity index is 1.25. The van der Waals surface area contributed by atoms with Crippen LogP contribution in [0.3, 0.4) is 0 Å². The molecule has 11 heteroatoms. The van der Waals surface area contributed by atoms with E-state index in [0.29, 0.717) is 54.9 Å². The summed E-state index contributed by atoms with van der Waals surface area (Å²) >= 11 is 0. The molecule has 0 unspecified atom stereocenters. The van der Waals surface area contributed by atoms with E-state index in [1.165, 1.54) is 4.90 Å². The van der Waals surface area contributed by atoms with E-state index in [1.807, 2.05) is 32.9 Å². The van der Waals surface area contributed by atoms with Gasteiger partial charge in [0.1, 0.15) is 17.4 Å². The van der Waals surface area contributed by atoms with Crippen molar-refractivity contribution < 1.29 is 23.9 Å². The molecule has 0 radical (unpaired) electrons. The van der Waals surface area contributed by atoms with Crippen molar-refractivity contribution in [1.82, 2.24) is 25.0 Å². The van der Waals surface area contributed by atoms with Gasteiger partial charge in [-0.1, -0.05) is 0 Å². The van der Waals surface area contributed by atoms with Crippen LogP contribution >= 0.6 is 0 Å². The zero-order chi connectivity index (χ0) is 28.7. The Morgan fingerprint density at radius 2 is 1.90 bits per heavy atom. The minimum atomic E-state index is -0.496. The van der Waals surface area contributed by atoms with E-state index in [1.54, 1.807) is 23.2 Å². The number of amides is 3. The Morgan fingerprint density at radius 3 is 2.62 bits per heavy atom. The van der Waals surface area contributed by atoms with Gasteiger partial charge in [-0.3, -0.25) is 19.5 Å². The van der Waals surface area contributed by atoms with Crippen LogP contribution in [0.1, 0.15) is 50.4 Å². The van der Waals surface area contributed by atoms with Crippen LogP contribution in [-0.4, -0.2) is 102 Å². The third-order valence-corrected chi connectivity index (χ3v) is 6.99. The number of nitrogens with zero attached hydrogens (tertiary/aromatic N) is 5. The van der Waals surface area contributed by atoms with Crippen molar-refractivity contribution >= 4 is 28.8 Å². The molecule has 0 aliphatic carbocycles. The first-order chi connectivity index (χ1) is 19.1. The van der Waals surface area contributed by atoms with Crippen molar-refractivity contribution in [3.8, 4) is 11.8 Å². The molecular formula is C29H38N6O5. The van der Waals surface area contributed by atoms with E-state index in [9.17, 15) is 19.6 Å². The molecule has 1 N–H and O–H groups in total. The number of aromatic nitrogens is 1. The molecule has 40 heavy (non-hydrogen) atoms. The van der Waals surface area contributed by atoms with E-state index < -0.39 is 11.6 Å². The predicted octanol–water partition coefficient (Wildman–Crippen LogP) is 2.80. The number of likely N-dealkylation sites (tertiary alicyclic amines) is 1. The van der Waals surface area contributed by atoms with Crippen molar-refractivity contribution in [2.45, 2.75) is 51.7 Å². The number of piperazine rings is 1. The smallest absolute Gasteiger partial charge is 0.410 e. The Bertz CT molecular complexity index is 1260. The first kappa shape index (κ1) is 29.1. The Labute approximate surface area is 235 Å². The van der Waals surface area contributed by atoms with Crippen LogP contribution in [-0.2, 0) is 9.53 Å². The molecule has 2 aliphatic rings. The maximum Gasteiger partial charge on any atom is 0.410 e. The number of fused-ring (bicyclic) bond motifs is 1.